The zero-order valence-electron chi connectivity index (χ0n) is 11.6. The number of hydrogen-bond donors (Lipinski definition) is 2. The lowest BCUT2D eigenvalue weighted by Crippen LogP contribution is -2.30. The average molecular weight is 300 g/mol. The van der Waals surface area contributed by atoms with Crippen LogP contribution in [0.5, 0.6) is 0 Å². The number of nitrogens with two attached hydrogens (primary N) is 1. The molecule has 1 aromatic carbocycles. The van der Waals surface area contributed by atoms with Crippen molar-refractivity contribution >= 4 is 15.7 Å². The normalized spacial score (nSPS) is 12.9. The van der Waals surface area contributed by atoms with Crippen molar-refractivity contribution in [2.75, 3.05) is 26.0 Å². The Balaban J connectivity index is 2.60. The van der Waals surface area contributed by atoms with E-state index in [-0.39, 0.29) is 23.5 Å². The Morgan fingerprint density at radius 2 is 1.95 bits per heavy atom. The first-order valence-corrected chi connectivity index (χ1v) is 8.11. The number of amides is 1. The van der Waals surface area contributed by atoms with Gasteiger partial charge in [-0.15, -0.1) is 0 Å². The predicted molar refractivity (Wildman–Crippen MR) is 76.0 cm³/mol. The Hall–Kier alpha value is -1.44. The van der Waals surface area contributed by atoms with Crippen LogP contribution in [0, 0.1) is 0 Å². The Labute approximate surface area is 119 Å². The summed E-state index contributed by atoms with van der Waals surface area (Å²) in [4.78, 5) is 11.8. The van der Waals surface area contributed by atoms with Crippen LogP contribution in [0.2, 0.25) is 0 Å². The van der Waals surface area contributed by atoms with Crippen LogP contribution in [0.1, 0.15) is 18.5 Å². The van der Waals surface area contributed by atoms with E-state index in [1.165, 1.54) is 12.1 Å². The molecule has 1 amide bonds. The highest BCUT2D eigenvalue weighted by Gasteiger charge is 2.11. The molecule has 0 aromatic heterocycles. The molecule has 0 radical (unpaired) electrons. The van der Waals surface area contributed by atoms with E-state index >= 15 is 0 Å². The summed E-state index contributed by atoms with van der Waals surface area (Å²) >= 11 is 0. The monoisotopic (exact) mass is 300 g/mol. The molecule has 0 aliphatic carbocycles. The van der Waals surface area contributed by atoms with E-state index in [9.17, 15) is 13.2 Å². The molecule has 0 saturated heterocycles. The van der Waals surface area contributed by atoms with Crippen molar-refractivity contribution in [1.82, 2.24) is 5.32 Å². The number of hydrogen-bond acceptors (Lipinski definition) is 5. The van der Waals surface area contributed by atoms with Crippen LogP contribution in [0.15, 0.2) is 29.2 Å². The standard InChI is InChI=1S/C13H20N2O4S/c1-10(15-13(16)9-19-8-7-14)11-3-5-12(6-4-11)20(2,17)18/h3-6,10H,7-9,14H2,1-2H3,(H,15,16). The maximum Gasteiger partial charge on any atom is 0.246 e. The topological polar surface area (TPSA) is 98.5 Å². The smallest absolute Gasteiger partial charge is 0.246 e. The largest absolute Gasteiger partial charge is 0.370 e. The zero-order chi connectivity index (χ0) is 15.2. The number of sulfone groups is 1. The Morgan fingerprint density at radius 1 is 1.35 bits per heavy atom. The van der Waals surface area contributed by atoms with Crippen LogP contribution < -0.4 is 11.1 Å². The van der Waals surface area contributed by atoms with Crippen molar-refractivity contribution in [3.63, 3.8) is 0 Å². The summed E-state index contributed by atoms with van der Waals surface area (Å²) in [5, 5.41) is 2.76. The molecule has 1 unspecified atom stereocenters. The van der Waals surface area contributed by atoms with Gasteiger partial charge in [-0.3, -0.25) is 4.79 Å². The lowest BCUT2D eigenvalue weighted by molar-refractivity contribution is -0.126. The highest BCUT2D eigenvalue weighted by molar-refractivity contribution is 7.90. The maximum absolute atomic E-state index is 11.6. The molecule has 0 aliphatic rings. The van der Waals surface area contributed by atoms with Gasteiger partial charge in [0, 0.05) is 12.8 Å². The van der Waals surface area contributed by atoms with E-state index in [0.29, 0.717) is 13.2 Å². The van der Waals surface area contributed by atoms with Gasteiger partial charge in [0.25, 0.3) is 0 Å². The molecule has 3 N–H and O–H groups in total. The predicted octanol–water partition coefficient (Wildman–Crippen LogP) is 0.243. The van der Waals surface area contributed by atoms with Gasteiger partial charge >= 0.3 is 0 Å². The van der Waals surface area contributed by atoms with Crippen LogP contribution in [-0.2, 0) is 19.4 Å². The van der Waals surface area contributed by atoms with Crippen LogP contribution in [0.3, 0.4) is 0 Å². The Bertz CT molecular complexity index is 540. The lowest BCUT2D eigenvalue weighted by atomic mass is 10.1. The summed E-state index contributed by atoms with van der Waals surface area (Å²) in [6, 6.07) is 6.19. The Kier molecular flexibility index (Phi) is 6.12. The van der Waals surface area contributed by atoms with Gasteiger partial charge in [-0.25, -0.2) is 8.42 Å². The molecule has 6 nitrogen and oxygen atoms in total. The summed E-state index contributed by atoms with van der Waals surface area (Å²) in [6.07, 6.45) is 1.15. The van der Waals surface area contributed by atoms with Crippen molar-refractivity contribution in [3.05, 3.63) is 29.8 Å². The molecule has 112 valence electrons. The van der Waals surface area contributed by atoms with Crippen molar-refractivity contribution in [1.29, 1.82) is 0 Å². The van der Waals surface area contributed by atoms with Crippen molar-refractivity contribution < 1.29 is 17.9 Å². The summed E-state index contributed by atoms with van der Waals surface area (Å²) in [5.41, 5.74) is 6.07. The van der Waals surface area contributed by atoms with Gasteiger partial charge in [-0.1, -0.05) is 12.1 Å². The van der Waals surface area contributed by atoms with Crippen LogP contribution in [0.4, 0.5) is 0 Å². The van der Waals surface area contributed by atoms with Crippen molar-refractivity contribution in [2.45, 2.75) is 17.9 Å². The van der Waals surface area contributed by atoms with Crippen molar-refractivity contribution in [3.8, 4) is 0 Å². The van der Waals surface area contributed by atoms with Gasteiger partial charge in [0.15, 0.2) is 9.84 Å². The number of benzene rings is 1. The molecule has 1 aromatic rings. The summed E-state index contributed by atoms with van der Waals surface area (Å²) in [6.45, 7) is 2.49. The van der Waals surface area contributed by atoms with E-state index < -0.39 is 9.84 Å². The van der Waals surface area contributed by atoms with Gasteiger partial charge in [0.2, 0.25) is 5.91 Å². The minimum absolute atomic E-state index is 0.0387. The highest BCUT2D eigenvalue weighted by Crippen LogP contribution is 2.16. The fraction of sp³-hybridized carbons (Fsp3) is 0.462. The van der Waals surface area contributed by atoms with E-state index in [4.69, 9.17) is 10.5 Å². The van der Waals surface area contributed by atoms with E-state index in [1.54, 1.807) is 12.1 Å². The number of ether oxygens (including phenoxy) is 1. The number of carbonyl (C=O) groups excluding carboxylic acids is 1. The van der Waals surface area contributed by atoms with Crippen LogP contribution >= 0.6 is 0 Å². The summed E-state index contributed by atoms with van der Waals surface area (Å²) in [7, 11) is -3.20. The molecule has 0 heterocycles. The first kappa shape index (κ1) is 16.6. The third-order valence-electron chi connectivity index (χ3n) is 2.68. The fourth-order valence-electron chi connectivity index (χ4n) is 1.62. The maximum atomic E-state index is 11.6. The van der Waals surface area contributed by atoms with Gasteiger partial charge < -0.3 is 15.8 Å². The SMILES string of the molecule is CC(NC(=O)COCCN)c1ccc(S(C)(=O)=O)cc1. The quantitative estimate of drug-likeness (QED) is 0.703. The van der Waals surface area contributed by atoms with E-state index in [1.807, 2.05) is 6.92 Å². The third-order valence-corrected chi connectivity index (χ3v) is 3.81. The summed E-state index contributed by atoms with van der Waals surface area (Å²) < 4.78 is 27.7. The van der Waals surface area contributed by atoms with Crippen molar-refractivity contribution in [2.24, 2.45) is 5.73 Å². The van der Waals surface area contributed by atoms with Gasteiger partial charge in [0.1, 0.15) is 6.61 Å². The second kappa shape index (κ2) is 7.37. The van der Waals surface area contributed by atoms with Crippen LogP contribution in [-0.4, -0.2) is 40.3 Å². The highest BCUT2D eigenvalue weighted by atomic mass is 32.2. The molecule has 1 rings (SSSR count). The van der Waals surface area contributed by atoms with E-state index in [2.05, 4.69) is 5.32 Å². The molecule has 0 bridgehead atoms. The fourth-order valence-corrected chi connectivity index (χ4v) is 2.25. The number of nitrogens with one attached hydrogen (secondary N) is 1. The molecular weight excluding hydrogens is 280 g/mol. The molecule has 0 spiro atoms. The molecule has 0 saturated carbocycles. The molecule has 1 atom stereocenters. The lowest BCUT2D eigenvalue weighted by Gasteiger charge is -2.14. The molecule has 0 aliphatic heterocycles. The van der Waals surface area contributed by atoms with Gasteiger partial charge in [-0.05, 0) is 24.6 Å². The average Bonchev–Trinajstić information content (AvgIpc) is 2.38. The first-order chi connectivity index (χ1) is 9.34. The molecule has 0 fully saturated rings. The third kappa shape index (κ3) is 5.28. The summed E-state index contributed by atoms with van der Waals surface area (Å²) in [5.74, 6) is -0.238. The molecule has 20 heavy (non-hydrogen) atoms. The van der Waals surface area contributed by atoms with Gasteiger partial charge in [-0.2, -0.15) is 0 Å². The number of rotatable bonds is 7. The van der Waals surface area contributed by atoms with Gasteiger partial charge in [0.05, 0.1) is 17.5 Å². The first-order valence-electron chi connectivity index (χ1n) is 6.22. The Morgan fingerprint density at radius 3 is 2.45 bits per heavy atom. The molecule has 7 heteroatoms. The van der Waals surface area contributed by atoms with Crippen LogP contribution in [0.25, 0.3) is 0 Å². The minimum Gasteiger partial charge on any atom is -0.370 e. The zero-order valence-corrected chi connectivity index (χ0v) is 12.4. The van der Waals surface area contributed by atoms with E-state index in [0.717, 1.165) is 11.8 Å². The second-order valence-electron chi connectivity index (χ2n) is 4.47. The number of carbonyl (C=O) groups is 1. The minimum atomic E-state index is -3.20. The molecular formula is C13H20N2O4S. The second-order valence-corrected chi connectivity index (χ2v) is 6.49.